The standard InChI is InChI=1S/C21H40O2.C20H38O2/c1-4-5-6-7-8-9-10-11-12-13-14-15-16-17-18-19-23-21(22)20(2)3;1-3-5-6-7-8-9-10-11-12-13-14-15-16-17-18-19-22-20(21)4-2/h2,4-19H2,1,3H3;4H,2-3,5-19H2,1H3. The van der Waals surface area contributed by atoms with Crippen LogP contribution in [0.15, 0.2) is 24.8 Å². The summed E-state index contributed by atoms with van der Waals surface area (Å²) in [4.78, 5) is 22.0. The molecule has 0 radical (unpaired) electrons. The van der Waals surface area contributed by atoms with Crippen molar-refractivity contribution < 1.29 is 19.1 Å². The van der Waals surface area contributed by atoms with E-state index in [0.29, 0.717) is 18.8 Å². The Hall–Kier alpha value is -1.58. The first-order valence-corrected chi connectivity index (χ1v) is 19.6. The fourth-order valence-electron chi connectivity index (χ4n) is 5.47. The van der Waals surface area contributed by atoms with Crippen molar-refractivity contribution in [3.63, 3.8) is 0 Å². The summed E-state index contributed by atoms with van der Waals surface area (Å²) < 4.78 is 10.0. The minimum Gasteiger partial charge on any atom is -0.463 e. The fraction of sp³-hybridized carbons (Fsp3) is 0.854. The van der Waals surface area contributed by atoms with Gasteiger partial charge >= 0.3 is 11.9 Å². The molecule has 0 aliphatic carbocycles. The van der Waals surface area contributed by atoms with E-state index >= 15 is 0 Å². The van der Waals surface area contributed by atoms with Gasteiger partial charge in [-0.1, -0.05) is 207 Å². The molecule has 0 aliphatic rings. The van der Waals surface area contributed by atoms with Crippen molar-refractivity contribution in [1.29, 1.82) is 0 Å². The van der Waals surface area contributed by atoms with Crippen molar-refractivity contribution in [2.75, 3.05) is 13.2 Å². The molecule has 4 heteroatoms. The Morgan fingerprint density at radius 1 is 0.444 bits per heavy atom. The molecule has 0 saturated heterocycles. The zero-order valence-corrected chi connectivity index (χ0v) is 30.8. The Balaban J connectivity index is 0. The van der Waals surface area contributed by atoms with Crippen molar-refractivity contribution in [1.82, 2.24) is 0 Å². The first kappa shape index (κ1) is 45.5. The van der Waals surface area contributed by atoms with Gasteiger partial charge in [0.15, 0.2) is 0 Å². The normalized spacial score (nSPS) is 10.6. The third-order valence-corrected chi connectivity index (χ3v) is 8.49. The van der Waals surface area contributed by atoms with E-state index in [2.05, 4.69) is 27.0 Å². The zero-order chi connectivity index (χ0) is 33.5. The van der Waals surface area contributed by atoms with Gasteiger partial charge in [0.1, 0.15) is 0 Å². The zero-order valence-electron chi connectivity index (χ0n) is 30.8. The van der Waals surface area contributed by atoms with Gasteiger partial charge in [0.2, 0.25) is 0 Å². The number of ether oxygens (including phenoxy) is 2. The summed E-state index contributed by atoms with van der Waals surface area (Å²) in [5.74, 6) is -0.555. The second-order valence-electron chi connectivity index (χ2n) is 13.2. The van der Waals surface area contributed by atoms with Crippen molar-refractivity contribution in [2.45, 2.75) is 213 Å². The van der Waals surface area contributed by atoms with Crippen LogP contribution in [0.25, 0.3) is 0 Å². The minimum atomic E-state index is -0.301. The number of hydrogen-bond donors (Lipinski definition) is 0. The molecular weight excluding hydrogens is 556 g/mol. The van der Waals surface area contributed by atoms with Crippen molar-refractivity contribution in [3.8, 4) is 0 Å². The number of esters is 2. The van der Waals surface area contributed by atoms with Gasteiger partial charge in [-0.2, -0.15) is 0 Å². The van der Waals surface area contributed by atoms with Gasteiger partial charge in [-0.3, -0.25) is 0 Å². The molecule has 0 amide bonds. The lowest BCUT2D eigenvalue weighted by molar-refractivity contribution is -0.139. The number of carbonyl (C=O) groups is 2. The molecule has 0 heterocycles. The highest BCUT2D eigenvalue weighted by atomic mass is 16.5. The van der Waals surface area contributed by atoms with Crippen LogP contribution < -0.4 is 0 Å². The summed E-state index contributed by atoms with van der Waals surface area (Å²) in [6.07, 6.45) is 41.8. The van der Waals surface area contributed by atoms with Crippen molar-refractivity contribution in [2.24, 2.45) is 0 Å². The third-order valence-electron chi connectivity index (χ3n) is 8.49. The highest BCUT2D eigenvalue weighted by Crippen LogP contribution is 2.15. The Labute approximate surface area is 282 Å². The van der Waals surface area contributed by atoms with E-state index in [1.165, 1.54) is 186 Å². The monoisotopic (exact) mass is 635 g/mol. The highest BCUT2D eigenvalue weighted by Gasteiger charge is 2.02. The molecule has 0 bridgehead atoms. The molecule has 0 saturated carbocycles. The Bertz CT molecular complexity index is 641. The largest absolute Gasteiger partial charge is 0.463 e. The van der Waals surface area contributed by atoms with Crippen LogP contribution in [-0.4, -0.2) is 25.2 Å². The molecule has 0 aromatic rings. The average molecular weight is 635 g/mol. The van der Waals surface area contributed by atoms with E-state index in [0.717, 1.165) is 12.8 Å². The van der Waals surface area contributed by atoms with Crippen LogP contribution in [0.1, 0.15) is 213 Å². The van der Waals surface area contributed by atoms with E-state index in [1.807, 2.05) is 0 Å². The van der Waals surface area contributed by atoms with Crippen LogP contribution in [0.4, 0.5) is 0 Å². The predicted molar refractivity (Wildman–Crippen MR) is 197 cm³/mol. The molecule has 0 spiro atoms. The van der Waals surface area contributed by atoms with Crippen LogP contribution in [0.3, 0.4) is 0 Å². The number of hydrogen-bond acceptors (Lipinski definition) is 4. The topological polar surface area (TPSA) is 52.6 Å². The van der Waals surface area contributed by atoms with E-state index in [-0.39, 0.29) is 11.9 Å². The molecule has 0 aromatic carbocycles. The van der Waals surface area contributed by atoms with Gasteiger partial charge in [-0.25, -0.2) is 9.59 Å². The maximum atomic E-state index is 11.2. The molecule has 0 atom stereocenters. The summed E-state index contributed by atoms with van der Waals surface area (Å²) in [7, 11) is 0. The van der Waals surface area contributed by atoms with Crippen molar-refractivity contribution in [3.05, 3.63) is 24.8 Å². The van der Waals surface area contributed by atoms with E-state index < -0.39 is 0 Å². The maximum Gasteiger partial charge on any atom is 0.333 e. The number of rotatable bonds is 34. The SMILES string of the molecule is C=C(C)C(=O)OCCCCCCCCCCCCCCCCC.C=CC(=O)OCCCCCCCCCCCCCCCCC. The quantitative estimate of drug-likeness (QED) is 0.0401. The summed E-state index contributed by atoms with van der Waals surface area (Å²) in [5.41, 5.74) is 0.492. The maximum absolute atomic E-state index is 11.2. The molecule has 0 N–H and O–H groups in total. The van der Waals surface area contributed by atoms with Gasteiger partial charge in [-0.15, -0.1) is 0 Å². The first-order valence-electron chi connectivity index (χ1n) is 19.6. The second-order valence-corrected chi connectivity index (χ2v) is 13.2. The van der Waals surface area contributed by atoms with Crippen LogP contribution >= 0.6 is 0 Å². The lowest BCUT2D eigenvalue weighted by Gasteiger charge is -2.05. The van der Waals surface area contributed by atoms with Crippen LogP contribution in [0.2, 0.25) is 0 Å². The predicted octanol–water partition coefficient (Wildman–Crippen LogP) is 13.6. The molecule has 0 aliphatic heterocycles. The van der Waals surface area contributed by atoms with Gasteiger partial charge in [0.05, 0.1) is 13.2 Å². The van der Waals surface area contributed by atoms with E-state index in [4.69, 9.17) is 9.47 Å². The van der Waals surface area contributed by atoms with Crippen LogP contribution in [-0.2, 0) is 19.1 Å². The molecule has 0 fully saturated rings. The Morgan fingerprint density at radius 3 is 0.933 bits per heavy atom. The number of carbonyl (C=O) groups excluding carboxylic acids is 2. The summed E-state index contributed by atoms with van der Waals surface area (Å²) in [6, 6.07) is 0. The average Bonchev–Trinajstić information content (AvgIpc) is 3.04. The van der Waals surface area contributed by atoms with Crippen LogP contribution in [0.5, 0.6) is 0 Å². The molecule has 0 aromatic heterocycles. The third kappa shape index (κ3) is 42.4. The molecule has 266 valence electrons. The van der Waals surface area contributed by atoms with Gasteiger partial charge in [0.25, 0.3) is 0 Å². The van der Waals surface area contributed by atoms with Gasteiger partial charge in [-0.05, 0) is 19.8 Å². The Morgan fingerprint density at radius 2 is 0.689 bits per heavy atom. The molecule has 4 nitrogen and oxygen atoms in total. The highest BCUT2D eigenvalue weighted by molar-refractivity contribution is 5.86. The lowest BCUT2D eigenvalue weighted by Crippen LogP contribution is -2.05. The lowest BCUT2D eigenvalue weighted by atomic mass is 10.0. The smallest absolute Gasteiger partial charge is 0.333 e. The van der Waals surface area contributed by atoms with Gasteiger partial charge in [0, 0.05) is 11.6 Å². The molecule has 0 unspecified atom stereocenters. The second kappa shape index (κ2) is 40.4. The summed E-state index contributed by atoms with van der Waals surface area (Å²) in [5, 5.41) is 0. The molecular formula is C41H78O4. The minimum absolute atomic E-state index is 0.254. The number of unbranched alkanes of at least 4 members (excludes halogenated alkanes) is 28. The molecule has 45 heavy (non-hydrogen) atoms. The fourth-order valence-corrected chi connectivity index (χ4v) is 5.47. The van der Waals surface area contributed by atoms with E-state index in [1.54, 1.807) is 6.92 Å². The molecule has 0 rings (SSSR count). The summed E-state index contributed by atoms with van der Waals surface area (Å²) in [6.45, 7) is 14.3. The van der Waals surface area contributed by atoms with E-state index in [9.17, 15) is 9.59 Å². The van der Waals surface area contributed by atoms with Crippen LogP contribution in [0, 0.1) is 0 Å². The summed E-state index contributed by atoms with van der Waals surface area (Å²) >= 11 is 0. The first-order chi connectivity index (χ1) is 22.0. The van der Waals surface area contributed by atoms with Crippen molar-refractivity contribution >= 4 is 11.9 Å². The Kier molecular flexibility index (Phi) is 40.9. The van der Waals surface area contributed by atoms with Gasteiger partial charge < -0.3 is 9.47 Å².